The summed E-state index contributed by atoms with van der Waals surface area (Å²) < 4.78 is 12.8. The molecular weight excluding hydrogens is 534 g/mol. The smallest absolute Gasteiger partial charge is 0.175 e. The summed E-state index contributed by atoms with van der Waals surface area (Å²) in [6.45, 7) is 3.46. The lowest BCUT2D eigenvalue weighted by molar-refractivity contribution is 0.267. The zero-order chi connectivity index (χ0) is 21.3. The van der Waals surface area contributed by atoms with Crippen LogP contribution in [0.2, 0.25) is 10.0 Å². The van der Waals surface area contributed by atoms with Crippen molar-refractivity contribution < 1.29 is 9.47 Å². The van der Waals surface area contributed by atoms with Crippen LogP contribution in [0.15, 0.2) is 65.8 Å². The maximum absolute atomic E-state index is 6.24. The Kier molecular flexibility index (Phi) is 8.66. The molecule has 0 heterocycles. The number of benzene rings is 3. The fraction of sp³-hybridized carbons (Fsp3) is 0.174. The van der Waals surface area contributed by atoms with Gasteiger partial charge in [-0.25, -0.2) is 0 Å². The van der Waals surface area contributed by atoms with Gasteiger partial charge < -0.3 is 14.9 Å². The Morgan fingerprint density at radius 3 is 2.53 bits per heavy atom. The number of ether oxygens (including phenoxy) is 2. The third-order valence-corrected chi connectivity index (χ3v) is 5.58. The van der Waals surface area contributed by atoms with E-state index in [1.165, 1.54) is 0 Å². The lowest BCUT2D eigenvalue weighted by atomic mass is 10.2. The first kappa shape index (κ1) is 22.7. The van der Waals surface area contributed by atoms with Crippen molar-refractivity contribution in [2.45, 2.75) is 20.1 Å². The quantitative estimate of drug-likeness (QED) is 0.182. The maximum atomic E-state index is 6.24. The van der Waals surface area contributed by atoms with E-state index in [9.17, 15) is 0 Å². The van der Waals surface area contributed by atoms with Crippen LogP contribution < -0.4 is 14.9 Å². The molecule has 0 saturated heterocycles. The van der Waals surface area contributed by atoms with Gasteiger partial charge in [0.25, 0.3) is 0 Å². The zero-order valence-electron chi connectivity index (χ0n) is 16.4. The predicted molar refractivity (Wildman–Crippen MR) is 132 cm³/mol. The standard InChI is InChI=1S/C23H21Cl2IN2O2/c1-2-29-22-12-17(14-28-27-13-16-7-9-19(24)10-8-16)11-21(26)23(22)30-15-18-5-3-4-6-20(18)25/h3-12,14,27H,2,13,15H2,1H3/b28-14-. The van der Waals surface area contributed by atoms with Gasteiger partial charge in [0.15, 0.2) is 11.5 Å². The Balaban J connectivity index is 1.68. The van der Waals surface area contributed by atoms with E-state index in [4.69, 9.17) is 32.7 Å². The molecule has 3 aromatic carbocycles. The van der Waals surface area contributed by atoms with E-state index in [2.05, 4.69) is 33.1 Å². The topological polar surface area (TPSA) is 42.8 Å². The SMILES string of the molecule is CCOc1cc(/C=N\NCc2ccc(Cl)cc2)cc(I)c1OCc1ccccc1Cl. The number of hydrazone groups is 1. The lowest BCUT2D eigenvalue weighted by Crippen LogP contribution is -2.06. The first-order valence-electron chi connectivity index (χ1n) is 9.39. The molecule has 0 aliphatic rings. The third kappa shape index (κ3) is 6.52. The highest BCUT2D eigenvalue weighted by atomic mass is 127. The Labute approximate surface area is 200 Å². The molecule has 0 aromatic heterocycles. The van der Waals surface area contributed by atoms with Crippen LogP contribution in [0.3, 0.4) is 0 Å². The summed E-state index contributed by atoms with van der Waals surface area (Å²) in [5.41, 5.74) is 5.99. The fourth-order valence-corrected chi connectivity index (χ4v) is 3.79. The molecule has 3 rings (SSSR count). The van der Waals surface area contributed by atoms with Crippen LogP contribution in [0.1, 0.15) is 23.6 Å². The van der Waals surface area contributed by atoms with Crippen molar-refractivity contribution in [1.29, 1.82) is 0 Å². The molecule has 7 heteroatoms. The van der Waals surface area contributed by atoms with E-state index < -0.39 is 0 Å². The number of halogens is 3. The second-order valence-electron chi connectivity index (χ2n) is 6.36. The molecule has 0 aliphatic carbocycles. The molecule has 1 N–H and O–H groups in total. The highest BCUT2D eigenvalue weighted by molar-refractivity contribution is 14.1. The van der Waals surface area contributed by atoms with E-state index in [-0.39, 0.29) is 0 Å². The van der Waals surface area contributed by atoms with Gasteiger partial charge >= 0.3 is 0 Å². The van der Waals surface area contributed by atoms with Gasteiger partial charge in [0, 0.05) is 15.6 Å². The molecular formula is C23H21Cl2IN2O2. The molecule has 156 valence electrons. The summed E-state index contributed by atoms with van der Waals surface area (Å²) in [4.78, 5) is 0. The van der Waals surface area contributed by atoms with Crippen LogP contribution in [0, 0.1) is 3.57 Å². The number of nitrogens with one attached hydrogen (secondary N) is 1. The van der Waals surface area contributed by atoms with Gasteiger partial charge in [-0.2, -0.15) is 5.10 Å². The van der Waals surface area contributed by atoms with Crippen molar-refractivity contribution in [3.63, 3.8) is 0 Å². The van der Waals surface area contributed by atoms with Crippen LogP contribution in [0.4, 0.5) is 0 Å². The molecule has 30 heavy (non-hydrogen) atoms. The number of hydrogen-bond donors (Lipinski definition) is 1. The molecule has 0 spiro atoms. The summed E-state index contributed by atoms with van der Waals surface area (Å²) in [6, 6.07) is 19.2. The van der Waals surface area contributed by atoms with E-state index in [1.54, 1.807) is 6.21 Å². The van der Waals surface area contributed by atoms with Crippen molar-refractivity contribution in [2.75, 3.05) is 6.61 Å². The van der Waals surface area contributed by atoms with E-state index in [0.29, 0.717) is 36.3 Å². The molecule has 0 fully saturated rings. The predicted octanol–water partition coefficient (Wildman–Crippen LogP) is 6.70. The minimum absolute atomic E-state index is 0.367. The van der Waals surface area contributed by atoms with Crippen molar-refractivity contribution in [1.82, 2.24) is 5.43 Å². The summed E-state index contributed by atoms with van der Waals surface area (Å²) >= 11 is 14.4. The van der Waals surface area contributed by atoms with Crippen molar-refractivity contribution in [2.24, 2.45) is 5.10 Å². The van der Waals surface area contributed by atoms with Gasteiger partial charge in [0.2, 0.25) is 0 Å². The molecule has 0 atom stereocenters. The fourth-order valence-electron chi connectivity index (χ4n) is 2.69. The van der Waals surface area contributed by atoms with Gasteiger partial charge in [0.05, 0.1) is 22.9 Å². The first-order chi connectivity index (χ1) is 14.6. The molecule has 3 aromatic rings. The van der Waals surface area contributed by atoms with Crippen molar-refractivity contribution >= 4 is 52.0 Å². The number of nitrogens with zero attached hydrogens (tertiary/aromatic N) is 1. The molecule has 0 unspecified atom stereocenters. The molecule has 4 nitrogen and oxygen atoms in total. The molecule has 0 bridgehead atoms. The van der Waals surface area contributed by atoms with Crippen LogP contribution in [-0.4, -0.2) is 12.8 Å². The zero-order valence-corrected chi connectivity index (χ0v) is 20.0. The highest BCUT2D eigenvalue weighted by Gasteiger charge is 2.13. The minimum Gasteiger partial charge on any atom is -0.490 e. The molecule has 0 saturated carbocycles. The molecule has 0 radical (unpaired) electrons. The van der Waals surface area contributed by atoms with Gasteiger partial charge in [-0.1, -0.05) is 53.5 Å². The largest absolute Gasteiger partial charge is 0.490 e. The summed E-state index contributed by atoms with van der Waals surface area (Å²) in [6.07, 6.45) is 1.76. The van der Waals surface area contributed by atoms with Crippen LogP contribution in [0.25, 0.3) is 0 Å². The average molecular weight is 555 g/mol. The van der Waals surface area contributed by atoms with E-state index >= 15 is 0 Å². The van der Waals surface area contributed by atoms with Gasteiger partial charge in [-0.15, -0.1) is 0 Å². The Hall–Kier alpha value is -1.96. The summed E-state index contributed by atoms with van der Waals surface area (Å²) in [7, 11) is 0. The summed E-state index contributed by atoms with van der Waals surface area (Å²) in [5, 5.41) is 5.71. The monoisotopic (exact) mass is 554 g/mol. The number of rotatable bonds is 9. The minimum atomic E-state index is 0.367. The Morgan fingerprint density at radius 1 is 1.03 bits per heavy atom. The number of hydrogen-bond acceptors (Lipinski definition) is 4. The van der Waals surface area contributed by atoms with E-state index in [1.807, 2.05) is 67.6 Å². The summed E-state index contributed by atoms with van der Waals surface area (Å²) in [5.74, 6) is 1.37. The van der Waals surface area contributed by atoms with Crippen LogP contribution in [-0.2, 0) is 13.2 Å². The maximum Gasteiger partial charge on any atom is 0.175 e. The van der Waals surface area contributed by atoms with Crippen molar-refractivity contribution in [3.8, 4) is 11.5 Å². The molecule has 0 aliphatic heterocycles. The van der Waals surface area contributed by atoms with E-state index in [0.717, 1.165) is 25.3 Å². The highest BCUT2D eigenvalue weighted by Crippen LogP contribution is 2.35. The Morgan fingerprint density at radius 2 is 1.80 bits per heavy atom. The van der Waals surface area contributed by atoms with Crippen molar-refractivity contribution in [3.05, 3.63) is 91.0 Å². The lowest BCUT2D eigenvalue weighted by Gasteiger charge is -2.15. The van der Waals surface area contributed by atoms with Gasteiger partial charge in [-0.05, 0) is 71.0 Å². The second kappa shape index (κ2) is 11.4. The van der Waals surface area contributed by atoms with Gasteiger partial charge in [-0.3, -0.25) is 0 Å². The average Bonchev–Trinajstić information content (AvgIpc) is 2.73. The second-order valence-corrected chi connectivity index (χ2v) is 8.37. The van der Waals surface area contributed by atoms with Crippen LogP contribution >= 0.6 is 45.8 Å². The molecule has 0 amide bonds. The third-order valence-electron chi connectivity index (χ3n) is 4.16. The van der Waals surface area contributed by atoms with Crippen LogP contribution in [0.5, 0.6) is 11.5 Å². The van der Waals surface area contributed by atoms with Gasteiger partial charge in [0.1, 0.15) is 6.61 Å². The normalized spacial score (nSPS) is 10.9. The Bertz CT molecular complexity index is 1010. The first-order valence-corrected chi connectivity index (χ1v) is 11.2.